The number of aliphatic hydroxyl groups is 1. The van der Waals surface area contributed by atoms with E-state index in [2.05, 4.69) is 5.10 Å². The van der Waals surface area contributed by atoms with Crippen LogP contribution in [0.15, 0.2) is 24.3 Å². The summed E-state index contributed by atoms with van der Waals surface area (Å²) in [6.07, 6.45) is -1.15. The van der Waals surface area contributed by atoms with Gasteiger partial charge in [0.15, 0.2) is 0 Å². The van der Waals surface area contributed by atoms with Crippen molar-refractivity contribution in [1.29, 1.82) is 0 Å². The van der Waals surface area contributed by atoms with Crippen LogP contribution in [0.3, 0.4) is 0 Å². The van der Waals surface area contributed by atoms with E-state index in [0.29, 0.717) is 5.69 Å². The van der Waals surface area contributed by atoms with Crippen molar-refractivity contribution in [2.24, 2.45) is 7.05 Å². The summed E-state index contributed by atoms with van der Waals surface area (Å²) in [6, 6.07) is 4.76. The van der Waals surface area contributed by atoms with Gasteiger partial charge in [0.25, 0.3) is 0 Å². The molecule has 1 aromatic heterocycles. The lowest BCUT2D eigenvalue weighted by molar-refractivity contribution is 0.204. The van der Waals surface area contributed by atoms with Gasteiger partial charge in [-0.2, -0.15) is 5.10 Å². The average molecular weight is 238 g/mol. The van der Waals surface area contributed by atoms with Crippen molar-refractivity contribution in [1.82, 2.24) is 9.78 Å². The molecule has 0 saturated heterocycles. The molecule has 0 aliphatic carbocycles. The smallest absolute Gasteiger partial charge is 0.132 e. The van der Waals surface area contributed by atoms with E-state index < -0.39 is 17.7 Å². The molecule has 0 amide bonds. The topological polar surface area (TPSA) is 38.0 Å². The predicted octanol–water partition coefficient (Wildman–Crippen LogP) is 2.09. The van der Waals surface area contributed by atoms with Crippen molar-refractivity contribution < 1.29 is 13.9 Å². The second-order valence-corrected chi connectivity index (χ2v) is 3.90. The van der Waals surface area contributed by atoms with Gasteiger partial charge in [-0.1, -0.05) is 6.07 Å². The molecule has 1 aromatic carbocycles. The van der Waals surface area contributed by atoms with E-state index >= 15 is 0 Å². The molecule has 2 aromatic rings. The molecular weight excluding hydrogens is 226 g/mol. The highest BCUT2D eigenvalue weighted by atomic mass is 19.1. The van der Waals surface area contributed by atoms with Crippen molar-refractivity contribution in [2.75, 3.05) is 0 Å². The first-order chi connectivity index (χ1) is 7.99. The molecule has 1 N–H and O–H groups in total. The Balaban J connectivity index is 2.43. The van der Waals surface area contributed by atoms with Crippen molar-refractivity contribution in [3.63, 3.8) is 0 Å². The summed E-state index contributed by atoms with van der Waals surface area (Å²) in [5, 5.41) is 14.1. The Morgan fingerprint density at radius 2 is 2.00 bits per heavy atom. The molecule has 0 bridgehead atoms. The molecule has 1 atom stereocenters. The van der Waals surface area contributed by atoms with Crippen molar-refractivity contribution in [2.45, 2.75) is 13.0 Å². The molecule has 3 nitrogen and oxygen atoms in total. The average Bonchev–Trinajstić information content (AvgIpc) is 2.57. The Labute approximate surface area is 97.3 Å². The van der Waals surface area contributed by atoms with Crippen molar-refractivity contribution in [3.8, 4) is 0 Å². The number of aliphatic hydroxyl groups excluding tert-OH is 1. The Morgan fingerprint density at radius 3 is 2.53 bits per heavy atom. The molecule has 0 fully saturated rings. The first kappa shape index (κ1) is 11.7. The van der Waals surface area contributed by atoms with Crippen LogP contribution in [-0.4, -0.2) is 14.9 Å². The van der Waals surface area contributed by atoms with Gasteiger partial charge >= 0.3 is 0 Å². The molecule has 5 heteroatoms. The molecule has 0 aliphatic heterocycles. The minimum Gasteiger partial charge on any atom is -0.382 e. The molecule has 0 radical (unpaired) electrons. The van der Waals surface area contributed by atoms with Gasteiger partial charge in [-0.05, 0) is 19.1 Å². The Kier molecular flexibility index (Phi) is 2.93. The normalized spacial score (nSPS) is 12.8. The standard InChI is InChI=1S/C12H12F2N2O/c1-7-5-11(16(2)15-7)12(17)9-4-3-8(13)6-10(9)14/h3-6,12,17H,1-2H3. The number of benzene rings is 1. The van der Waals surface area contributed by atoms with Gasteiger partial charge in [-0.3, -0.25) is 4.68 Å². The van der Waals surface area contributed by atoms with Crippen LogP contribution in [0.5, 0.6) is 0 Å². The summed E-state index contributed by atoms with van der Waals surface area (Å²) in [6.45, 7) is 1.78. The molecule has 1 heterocycles. The number of aromatic nitrogens is 2. The third kappa shape index (κ3) is 2.19. The van der Waals surface area contributed by atoms with E-state index in [0.717, 1.165) is 17.8 Å². The number of hydrogen-bond donors (Lipinski definition) is 1. The Hall–Kier alpha value is -1.75. The van der Waals surface area contributed by atoms with E-state index in [4.69, 9.17) is 0 Å². The van der Waals surface area contributed by atoms with Crippen LogP contribution in [0.2, 0.25) is 0 Å². The third-order valence-electron chi connectivity index (χ3n) is 2.58. The molecule has 90 valence electrons. The van der Waals surface area contributed by atoms with Gasteiger partial charge in [-0.15, -0.1) is 0 Å². The highest BCUT2D eigenvalue weighted by Gasteiger charge is 2.19. The zero-order valence-corrected chi connectivity index (χ0v) is 9.48. The van der Waals surface area contributed by atoms with E-state index in [1.165, 1.54) is 10.7 Å². The maximum absolute atomic E-state index is 13.5. The lowest BCUT2D eigenvalue weighted by Gasteiger charge is -2.12. The SMILES string of the molecule is Cc1cc(C(O)c2ccc(F)cc2F)n(C)n1. The quantitative estimate of drug-likeness (QED) is 0.870. The Morgan fingerprint density at radius 1 is 1.29 bits per heavy atom. The summed E-state index contributed by atoms with van der Waals surface area (Å²) in [4.78, 5) is 0. The van der Waals surface area contributed by atoms with Gasteiger partial charge in [0.1, 0.15) is 17.7 Å². The van der Waals surface area contributed by atoms with Crippen LogP contribution in [-0.2, 0) is 7.05 Å². The predicted molar refractivity (Wildman–Crippen MR) is 58.4 cm³/mol. The summed E-state index contributed by atoms with van der Waals surface area (Å²) < 4.78 is 27.7. The molecule has 0 aliphatic rings. The van der Waals surface area contributed by atoms with Crippen LogP contribution >= 0.6 is 0 Å². The van der Waals surface area contributed by atoms with Crippen LogP contribution in [0.4, 0.5) is 8.78 Å². The number of hydrogen-bond acceptors (Lipinski definition) is 2. The van der Waals surface area contributed by atoms with Crippen LogP contribution in [0.25, 0.3) is 0 Å². The van der Waals surface area contributed by atoms with Crippen LogP contribution < -0.4 is 0 Å². The van der Waals surface area contributed by atoms with Crippen LogP contribution in [0, 0.1) is 18.6 Å². The van der Waals surface area contributed by atoms with Gasteiger partial charge in [0, 0.05) is 18.7 Å². The molecule has 17 heavy (non-hydrogen) atoms. The van der Waals surface area contributed by atoms with E-state index in [1.807, 2.05) is 0 Å². The number of rotatable bonds is 2. The Bertz CT molecular complexity index is 551. The largest absolute Gasteiger partial charge is 0.382 e. The third-order valence-corrected chi connectivity index (χ3v) is 2.58. The van der Waals surface area contributed by atoms with Gasteiger partial charge in [0.05, 0.1) is 11.4 Å². The van der Waals surface area contributed by atoms with Crippen LogP contribution in [0.1, 0.15) is 23.1 Å². The molecule has 1 unspecified atom stereocenters. The molecule has 0 saturated carbocycles. The van der Waals surface area contributed by atoms with E-state index in [-0.39, 0.29) is 5.56 Å². The van der Waals surface area contributed by atoms with Gasteiger partial charge in [-0.25, -0.2) is 8.78 Å². The fourth-order valence-corrected chi connectivity index (χ4v) is 1.77. The highest BCUT2D eigenvalue weighted by molar-refractivity contribution is 5.28. The lowest BCUT2D eigenvalue weighted by atomic mass is 10.1. The van der Waals surface area contributed by atoms with E-state index in [9.17, 15) is 13.9 Å². The summed E-state index contributed by atoms with van der Waals surface area (Å²) in [5.41, 5.74) is 1.23. The van der Waals surface area contributed by atoms with Crippen molar-refractivity contribution in [3.05, 3.63) is 52.9 Å². The van der Waals surface area contributed by atoms with Gasteiger partial charge in [0.2, 0.25) is 0 Å². The van der Waals surface area contributed by atoms with Gasteiger partial charge < -0.3 is 5.11 Å². The maximum Gasteiger partial charge on any atom is 0.132 e. The summed E-state index contributed by atoms with van der Waals surface area (Å²) >= 11 is 0. The second kappa shape index (κ2) is 4.25. The minimum absolute atomic E-state index is 0.0365. The summed E-state index contributed by atoms with van der Waals surface area (Å²) in [5.74, 6) is -1.43. The zero-order valence-electron chi connectivity index (χ0n) is 9.48. The maximum atomic E-state index is 13.5. The number of aryl methyl sites for hydroxylation is 2. The highest BCUT2D eigenvalue weighted by Crippen LogP contribution is 2.24. The second-order valence-electron chi connectivity index (χ2n) is 3.90. The first-order valence-electron chi connectivity index (χ1n) is 5.12. The lowest BCUT2D eigenvalue weighted by Crippen LogP contribution is -2.08. The molecule has 0 spiro atoms. The van der Waals surface area contributed by atoms with Crippen molar-refractivity contribution >= 4 is 0 Å². The molecular formula is C12H12F2N2O. The first-order valence-corrected chi connectivity index (χ1v) is 5.12. The summed E-state index contributed by atoms with van der Waals surface area (Å²) in [7, 11) is 1.66. The fraction of sp³-hybridized carbons (Fsp3) is 0.250. The zero-order chi connectivity index (χ0) is 12.6. The number of nitrogens with zero attached hydrogens (tertiary/aromatic N) is 2. The fourth-order valence-electron chi connectivity index (χ4n) is 1.77. The minimum atomic E-state index is -1.15. The monoisotopic (exact) mass is 238 g/mol. The van der Waals surface area contributed by atoms with E-state index in [1.54, 1.807) is 20.0 Å². The number of halogens is 2. The molecule has 2 rings (SSSR count).